The molecule has 0 aromatic carbocycles. The van der Waals surface area contributed by atoms with Crippen LogP contribution in [-0.4, -0.2) is 60.9 Å². The largest absolute Gasteiger partial charge is 0.481 e. The normalized spacial score (nSPS) is 7.95. The fourth-order valence-corrected chi connectivity index (χ4v) is 0.665. The summed E-state index contributed by atoms with van der Waals surface area (Å²) in [5, 5.41) is 24.4. The van der Waals surface area contributed by atoms with Gasteiger partial charge in [0.05, 0.1) is 39.6 Å². The van der Waals surface area contributed by atoms with Crippen LogP contribution in [-0.2, 0) is 14.3 Å². The van der Waals surface area contributed by atoms with E-state index in [1.54, 1.807) is 0 Å². The number of hydrogen-bond acceptors (Lipinski definition) is 5. The molecule has 0 aliphatic heterocycles. The van der Waals surface area contributed by atoms with Crippen molar-refractivity contribution in [2.75, 3.05) is 39.6 Å². The first-order valence-corrected chi connectivity index (χ1v) is 6.28. The van der Waals surface area contributed by atoms with Gasteiger partial charge in [-0.15, -0.1) is 26.3 Å². The number of rotatable bonds is 9. The SMILES string of the molecule is C=C.C=C.CCCC(=O)O.OCCOCCOCCO. The van der Waals surface area contributed by atoms with E-state index in [2.05, 4.69) is 26.3 Å². The molecular formula is C14H30O6. The minimum atomic E-state index is -0.711. The van der Waals surface area contributed by atoms with Crippen molar-refractivity contribution in [1.82, 2.24) is 0 Å². The summed E-state index contributed by atoms with van der Waals surface area (Å²) >= 11 is 0. The summed E-state index contributed by atoms with van der Waals surface area (Å²) in [5.41, 5.74) is 0. The molecule has 6 heteroatoms. The second-order valence-electron chi connectivity index (χ2n) is 2.82. The molecule has 0 aliphatic rings. The van der Waals surface area contributed by atoms with Crippen molar-refractivity contribution in [3.05, 3.63) is 26.3 Å². The summed E-state index contributed by atoms with van der Waals surface area (Å²) in [7, 11) is 0. The van der Waals surface area contributed by atoms with Crippen LogP contribution in [0.15, 0.2) is 26.3 Å². The minimum absolute atomic E-state index is 0.0417. The van der Waals surface area contributed by atoms with Gasteiger partial charge in [-0.25, -0.2) is 0 Å². The predicted molar refractivity (Wildman–Crippen MR) is 80.9 cm³/mol. The van der Waals surface area contributed by atoms with Crippen molar-refractivity contribution >= 4 is 5.97 Å². The summed E-state index contributed by atoms with van der Waals surface area (Å²) in [4.78, 5) is 9.60. The zero-order valence-electron chi connectivity index (χ0n) is 12.6. The van der Waals surface area contributed by atoms with Crippen LogP contribution in [0, 0.1) is 0 Å². The molecule has 122 valence electrons. The van der Waals surface area contributed by atoms with Crippen molar-refractivity contribution < 1.29 is 29.6 Å². The third-order valence-electron chi connectivity index (χ3n) is 1.31. The number of aliphatic hydroxyl groups excluding tert-OH is 2. The van der Waals surface area contributed by atoms with Gasteiger partial charge in [0.15, 0.2) is 0 Å². The topological polar surface area (TPSA) is 96.2 Å². The highest BCUT2D eigenvalue weighted by atomic mass is 16.5. The molecule has 0 saturated carbocycles. The Labute approximate surface area is 122 Å². The van der Waals surface area contributed by atoms with Crippen molar-refractivity contribution in [3.8, 4) is 0 Å². The third-order valence-corrected chi connectivity index (χ3v) is 1.31. The Hall–Kier alpha value is -1.21. The van der Waals surface area contributed by atoms with E-state index in [4.69, 9.17) is 24.8 Å². The van der Waals surface area contributed by atoms with Crippen molar-refractivity contribution in [1.29, 1.82) is 0 Å². The van der Waals surface area contributed by atoms with Gasteiger partial charge in [-0.2, -0.15) is 0 Å². The quantitative estimate of drug-likeness (QED) is 0.440. The first-order chi connectivity index (χ1) is 9.68. The maximum atomic E-state index is 9.60. The van der Waals surface area contributed by atoms with Crippen molar-refractivity contribution in [2.45, 2.75) is 19.8 Å². The molecule has 0 unspecified atom stereocenters. The average molecular weight is 294 g/mol. The standard InChI is InChI=1S/C6H14O4.C4H8O2.2C2H4/c7-1-3-9-5-6-10-4-2-8;1-2-3-4(5)6;2*1-2/h7-8H,1-6H2;2-3H2,1H3,(H,5,6);2*1-2H2. The van der Waals surface area contributed by atoms with Crippen LogP contribution in [0.4, 0.5) is 0 Å². The van der Waals surface area contributed by atoms with Crippen LogP contribution in [0.3, 0.4) is 0 Å². The smallest absolute Gasteiger partial charge is 0.303 e. The number of hydrogen-bond donors (Lipinski definition) is 3. The van der Waals surface area contributed by atoms with Gasteiger partial charge in [0.25, 0.3) is 0 Å². The molecule has 0 radical (unpaired) electrons. The summed E-state index contributed by atoms with van der Waals surface area (Å²) in [6.45, 7) is 15.6. The molecule has 0 spiro atoms. The molecule has 0 rings (SSSR count). The van der Waals surface area contributed by atoms with Gasteiger partial charge in [0, 0.05) is 6.42 Å². The van der Waals surface area contributed by atoms with Gasteiger partial charge in [-0.3, -0.25) is 4.79 Å². The summed E-state index contributed by atoms with van der Waals surface area (Å²) in [6.07, 6.45) is 1.02. The van der Waals surface area contributed by atoms with Crippen LogP contribution in [0.1, 0.15) is 19.8 Å². The molecule has 20 heavy (non-hydrogen) atoms. The van der Waals surface area contributed by atoms with Crippen LogP contribution in [0.5, 0.6) is 0 Å². The predicted octanol–water partition coefficient (Wildman–Crippen LogP) is 1.48. The molecule has 3 N–H and O–H groups in total. The van der Waals surface area contributed by atoms with Gasteiger partial charge < -0.3 is 24.8 Å². The molecule has 0 fully saturated rings. The molecule has 0 bridgehead atoms. The summed E-state index contributed by atoms with van der Waals surface area (Å²) in [5.74, 6) is -0.711. The fourth-order valence-electron chi connectivity index (χ4n) is 0.665. The number of aliphatic carboxylic acids is 1. The van der Waals surface area contributed by atoms with E-state index in [1.807, 2.05) is 6.92 Å². The van der Waals surface area contributed by atoms with Crippen molar-refractivity contribution in [3.63, 3.8) is 0 Å². The Balaban J connectivity index is -0.000000109. The molecule has 0 aromatic rings. The summed E-state index contributed by atoms with van der Waals surface area (Å²) in [6, 6.07) is 0. The Morgan fingerprint density at radius 2 is 1.25 bits per heavy atom. The van der Waals surface area contributed by atoms with Gasteiger partial charge in [0.2, 0.25) is 0 Å². The van der Waals surface area contributed by atoms with Gasteiger partial charge in [-0.05, 0) is 6.42 Å². The molecule has 0 saturated heterocycles. The Morgan fingerprint density at radius 1 is 0.900 bits per heavy atom. The highest BCUT2D eigenvalue weighted by Crippen LogP contribution is 1.82. The molecule has 0 amide bonds. The van der Waals surface area contributed by atoms with E-state index in [0.717, 1.165) is 6.42 Å². The molecule has 0 atom stereocenters. The lowest BCUT2D eigenvalue weighted by molar-refractivity contribution is -0.137. The van der Waals surface area contributed by atoms with Crippen LogP contribution in [0.25, 0.3) is 0 Å². The second-order valence-corrected chi connectivity index (χ2v) is 2.82. The Morgan fingerprint density at radius 3 is 1.40 bits per heavy atom. The average Bonchev–Trinajstić information content (AvgIpc) is 2.47. The lowest BCUT2D eigenvalue weighted by Crippen LogP contribution is -2.09. The lowest BCUT2D eigenvalue weighted by Gasteiger charge is -2.01. The maximum absolute atomic E-state index is 9.60. The lowest BCUT2D eigenvalue weighted by atomic mass is 10.4. The monoisotopic (exact) mass is 294 g/mol. The highest BCUT2D eigenvalue weighted by Gasteiger charge is 1.87. The van der Waals surface area contributed by atoms with Crippen LogP contribution >= 0.6 is 0 Å². The number of carboxylic acid groups (broad SMARTS) is 1. The van der Waals surface area contributed by atoms with Gasteiger partial charge >= 0.3 is 5.97 Å². The minimum Gasteiger partial charge on any atom is -0.481 e. The number of aliphatic hydroxyl groups is 2. The molecule has 0 aromatic heterocycles. The maximum Gasteiger partial charge on any atom is 0.303 e. The molecule has 6 nitrogen and oxygen atoms in total. The van der Waals surface area contributed by atoms with E-state index in [0.29, 0.717) is 32.8 Å². The Kier molecular flexibility index (Phi) is 49.0. The van der Waals surface area contributed by atoms with E-state index in [1.165, 1.54) is 0 Å². The third kappa shape index (κ3) is 54.2. The van der Waals surface area contributed by atoms with Gasteiger partial charge in [0.1, 0.15) is 0 Å². The van der Waals surface area contributed by atoms with E-state index in [-0.39, 0.29) is 13.2 Å². The molecule has 0 aliphatic carbocycles. The summed E-state index contributed by atoms with van der Waals surface area (Å²) < 4.78 is 9.75. The fraction of sp³-hybridized carbons (Fsp3) is 0.643. The first kappa shape index (κ1) is 27.2. The second kappa shape index (κ2) is 36.1. The zero-order valence-corrected chi connectivity index (χ0v) is 12.6. The van der Waals surface area contributed by atoms with Crippen molar-refractivity contribution in [2.24, 2.45) is 0 Å². The van der Waals surface area contributed by atoms with Gasteiger partial charge in [-0.1, -0.05) is 6.92 Å². The number of carboxylic acids is 1. The first-order valence-electron chi connectivity index (χ1n) is 6.28. The van der Waals surface area contributed by atoms with Crippen LogP contribution < -0.4 is 0 Å². The molecular weight excluding hydrogens is 264 g/mol. The highest BCUT2D eigenvalue weighted by molar-refractivity contribution is 5.66. The van der Waals surface area contributed by atoms with E-state index < -0.39 is 5.97 Å². The van der Waals surface area contributed by atoms with E-state index >= 15 is 0 Å². The zero-order chi connectivity index (χ0) is 16.6. The number of carbonyl (C=O) groups is 1. The van der Waals surface area contributed by atoms with E-state index in [9.17, 15) is 4.79 Å². The number of ether oxygens (including phenoxy) is 2. The van der Waals surface area contributed by atoms with Crippen LogP contribution in [0.2, 0.25) is 0 Å². The molecule has 0 heterocycles. The Bertz CT molecular complexity index is 154.